The zero-order chi connectivity index (χ0) is 24.0. The van der Waals surface area contributed by atoms with Crippen LogP contribution in [0.1, 0.15) is 37.3 Å². The molecule has 0 unspecified atom stereocenters. The van der Waals surface area contributed by atoms with E-state index in [-0.39, 0.29) is 35.8 Å². The monoisotopic (exact) mass is 471 g/mol. The largest absolute Gasteiger partial charge is 0.507 e. The Labute approximate surface area is 193 Å². The highest BCUT2D eigenvalue weighted by Gasteiger charge is 2.51. The number of benzene rings is 2. The second-order valence-corrected chi connectivity index (χ2v) is 8.88. The van der Waals surface area contributed by atoms with Crippen LogP contribution in [0.5, 0.6) is 11.6 Å². The maximum atomic E-state index is 14.2. The number of pyridine rings is 1. The van der Waals surface area contributed by atoms with Crippen LogP contribution in [0, 0.1) is 11.6 Å². The summed E-state index contributed by atoms with van der Waals surface area (Å²) < 4.78 is 39.4. The van der Waals surface area contributed by atoms with Crippen LogP contribution in [0.15, 0.2) is 36.4 Å². The molecule has 3 N–H and O–H groups in total. The van der Waals surface area contributed by atoms with Gasteiger partial charge in [-0.15, -0.1) is 0 Å². The number of aliphatic hydroxyl groups is 1. The van der Waals surface area contributed by atoms with Gasteiger partial charge >= 0.3 is 5.97 Å². The van der Waals surface area contributed by atoms with Gasteiger partial charge in [-0.2, -0.15) is 0 Å². The Kier molecular flexibility index (Phi) is 5.61. The lowest BCUT2D eigenvalue weighted by atomic mass is 9.77. The summed E-state index contributed by atoms with van der Waals surface area (Å²) in [6, 6.07) is 8.49. The topological polar surface area (TPSA) is 109 Å². The van der Waals surface area contributed by atoms with Crippen molar-refractivity contribution in [3.63, 3.8) is 0 Å². The summed E-state index contributed by atoms with van der Waals surface area (Å²) in [5.74, 6) is -3.33. The lowest BCUT2D eigenvalue weighted by Gasteiger charge is -2.39. The van der Waals surface area contributed by atoms with Crippen molar-refractivity contribution in [2.75, 3.05) is 13.2 Å². The number of rotatable bonds is 5. The predicted octanol–water partition coefficient (Wildman–Crippen LogP) is 4.14. The quantitative estimate of drug-likeness (QED) is 0.513. The smallest absolute Gasteiger partial charge is 0.335 e. The van der Waals surface area contributed by atoms with Gasteiger partial charge in [-0.25, -0.2) is 18.6 Å². The number of aromatic hydroxyl groups is 1. The lowest BCUT2D eigenvalue weighted by molar-refractivity contribution is -0.179. The van der Waals surface area contributed by atoms with Gasteiger partial charge in [0.1, 0.15) is 11.9 Å². The van der Waals surface area contributed by atoms with E-state index < -0.39 is 29.3 Å². The summed E-state index contributed by atoms with van der Waals surface area (Å²) in [5, 5.41) is 30.8. The Balaban J connectivity index is 1.67. The molecule has 0 atom stereocenters. The second-order valence-electron chi connectivity index (χ2n) is 8.88. The number of hydrogen-bond donors (Lipinski definition) is 3. The van der Waals surface area contributed by atoms with E-state index in [4.69, 9.17) is 14.5 Å². The van der Waals surface area contributed by atoms with Crippen molar-refractivity contribution < 1.29 is 38.4 Å². The Morgan fingerprint density at radius 2 is 1.85 bits per heavy atom. The third-order valence-electron chi connectivity index (χ3n) is 6.63. The third kappa shape index (κ3) is 3.84. The zero-order valence-electron chi connectivity index (χ0n) is 18.1. The van der Waals surface area contributed by atoms with Crippen LogP contribution in [0.4, 0.5) is 8.78 Å². The molecule has 1 saturated carbocycles. The van der Waals surface area contributed by atoms with E-state index in [0.717, 1.165) is 12.1 Å². The molecule has 2 aliphatic rings. The van der Waals surface area contributed by atoms with Crippen molar-refractivity contribution >= 4 is 16.7 Å². The van der Waals surface area contributed by atoms with E-state index in [9.17, 15) is 28.9 Å². The summed E-state index contributed by atoms with van der Waals surface area (Å²) in [5.41, 5.74) is -0.258. The van der Waals surface area contributed by atoms with Crippen molar-refractivity contribution in [2.45, 2.75) is 43.3 Å². The van der Waals surface area contributed by atoms with E-state index in [1.165, 1.54) is 12.1 Å². The number of halogens is 2. The van der Waals surface area contributed by atoms with Crippen molar-refractivity contribution in [3.05, 3.63) is 53.7 Å². The van der Waals surface area contributed by atoms with Crippen molar-refractivity contribution in [3.8, 4) is 22.8 Å². The molecule has 7 nitrogen and oxygen atoms in total. The first-order chi connectivity index (χ1) is 16.3. The number of hydrogen-bond acceptors (Lipinski definition) is 6. The molecule has 0 amide bonds. The van der Waals surface area contributed by atoms with E-state index in [1.807, 2.05) is 0 Å². The molecule has 2 aromatic carbocycles. The van der Waals surface area contributed by atoms with E-state index in [1.54, 1.807) is 12.1 Å². The predicted molar refractivity (Wildman–Crippen MR) is 118 cm³/mol. The first-order valence-electron chi connectivity index (χ1n) is 11.1. The molecule has 0 radical (unpaired) electrons. The van der Waals surface area contributed by atoms with Crippen molar-refractivity contribution in [1.29, 1.82) is 0 Å². The molecule has 3 aromatic rings. The molecule has 0 bridgehead atoms. The maximum absolute atomic E-state index is 14.2. The molecular formula is C25H23F2NO6. The standard InChI is InChI=1S/C25H23F2NO6/c26-17-5-4-14(10-18(17)27)20-16-2-1-3-19(29)21(16)23(28-22(20)13-6-8-33-9-7-13)34-15-11-25(32,12-15)24(30)31/h1-5,10,13,15,29,32H,6-9,11-12H2,(H,30,31). The molecule has 0 spiro atoms. The molecule has 5 rings (SSSR count). The van der Waals surface area contributed by atoms with Crippen LogP contribution in [-0.2, 0) is 9.53 Å². The number of carboxylic acids is 1. The Morgan fingerprint density at radius 3 is 2.53 bits per heavy atom. The number of carboxylic acid groups (broad SMARTS) is 1. The highest BCUT2D eigenvalue weighted by molar-refractivity contribution is 6.03. The average Bonchev–Trinajstić information content (AvgIpc) is 2.80. The van der Waals surface area contributed by atoms with Gasteiger partial charge in [-0.05, 0) is 36.6 Å². The normalized spacial score (nSPS) is 23.0. The van der Waals surface area contributed by atoms with Gasteiger partial charge in [0.15, 0.2) is 17.2 Å². The second kappa shape index (κ2) is 8.48. The first kappa shape index (κ1) is 22.5. The number of carbonyl (C=O) groups is 1. The molecule has 1 saturated heterocycles. The molecule has 1 aliphatic heterocycles. The van der Waals surface area contributed by atoms with Gasteiger partial charge in [0.05, 0.1) is 11.1 Å². The highest BCUT2D eigenvalue weighted by atomic mass is 19.2. The fraction of sp³-hybridized carbons (Fsp3) is 0.360. The fourth-order valence-corrected chi connectivity index (χ4v) is 4.75. The van der Waals surface area contributed by atoms with Crippen molar-refractivity contribution in [1.82, 2.24) is 4.98 Å². The van der Waals surface area contributed by atoms with Crippen LogP contribution in [0.2, 0.25) is 0 Å². The molecule has 2 fully saturated rings. The van der Waals surface area contributed by atoms with Gasteiger partial charge in [-0.1, -0.05) is 18.2 Å². The number of aliphatic carboxylic acids is 1. The van der Waals surface area contributed by atoms with Gasteiger partial charge in [0.2, 0.25) is 5.88 Å². The zero-order valence-corrected chi connectivity index (χ0v) is 18.1. The van der Waals surface area contributed by atoms with Crippen LogP contribution in [0.25, 0.3) is 21.9 Å². The van der Waals surface area contributed by atoms with Gasteiger partial charge < -0.3 is 24.8 Å². The molecule has 1 aromatic heterocycles. The van der Waals surface area contributed by atoms with E-state index in [0.29, 0.717) is 48.3 Å². The Hall–Kier alpha value is -3.30. The van der Waals surface area contributed by atoms with Crippen LogP contribution in [0.3, 0.4) is 0 Å². The number of aromatic nitrogens is 1. The maximum Gasteiger partial charge on any atom is 0.335 e. The molecular weight excluding hydrogens is 448 g/mol. The van der Waals surface area contributed by atoms with Crippen LogP contribution >= 0.6 is 0 Å². The minimum absolute atomic E-state index is 0.0525. The molecule has 9 heteroatoms. The summed E-state index contributed by atoms with van der Waals surface area (Å²) in [6.45, 7) is 1.04. The van der Waals surface area contributed by atoms with Crippen LogP contribution < -0.4 is 4.74 Å². The number of phenols is 1. The minimum atomic E-state index is -1.85. The Morgan fingerprint density at radius 1 is 1.12 bits per heavy atom. The number of nitrogens with zero attached hydrogens (tertiary/aromatic N) is 1. The van der Waals surface area contributed by atoms with E-state index in [2.05, 4.69) is 0 Å². The summed E-state index contributed by atoms with van der Waals surface area (Å²) in [6.07, 6.45) is 0.492. The molecule has 2 heterocycles. The fourth-order valence-electron chi connectivity index (χ4n) is 4.75. The first-order valence-corrected chi connectivity index (χ1v) is 11.1. The van der Waals surface area contributed by atoms with Gasteiger partial charge in [0, 0.05) is 42.9 Å². The molecule has 1 aliphatic carbocycles. The highest BCUT2D eigenvalue weighted by Crippen LogP contribution is 2.45. The van der Waals surface area contributed by atoms with Gasteiger partial charge in [0.25, 0.3) is 0 Å². The lowest BCUT2D eigenvalue weighted by Crippen LogP contribution is -2.55. The number of fused-ring (bicyclic) bond motifs is 1. The minimum Gasteiger partial charge on any atom is -0.507 e. The van der Waals surface area contributed by atoms with Crippen molar-refractivity contribution in [2.24, 2.45) is 0 Å². The summed E-state index contributed by atoms with van der Waals surface area (Å²) in [4.78, 5) is 16.0. The number of ether oxygens (including phenoxy) is 2. The molecule has 178 valence electrons. The third-order valence-corrected chi connectivity index (χ3v) is 6.63. The summed E-state index contributed by atoms with van der Waals surface area (Å²) >= 11 is 0. The SMILES string of the molecule is O=C(O)C1(O)CC(Oc2nc(C3CCOCC3)c(-c3ccc(F)c(F)c3)c3cccc(O)c23)C1. The number of phenolic OH excluding ortho intramolecular Hbond substituents is 1. The average molecular weight is 471 g/mol. The van der Waals surface area contributed by atoms with Crippen LogP contribution in [-0.4, -0.2) is 51.2 Å². The van der Waals surface area contributed by atoms with Gasteiger partial charge in [-0.3, -0.25) is 0 Å². The Bertz CT molecular complexity index is 1270. The summed E-state index contributed by atoms with van der Waals surface area (Å²) in [7, 11) is 0. The van der Waals surface area contributed by atoms with E-state index >= 15 is 0 Å². The molecule has 34 heavy (non-hydrogen) atoms.